The first-order chi connectivity index (χ1) is 13.4. The smallest absolute Gasteiger partial charge is 0.238 e. The molecule has 3 aromatic rings. The van der Waals surface area contributed by atoms with Gasteiger partial charge in [-0.3, -0.25) is 4.79 Å². The maximum atomic E-state index is 12.6. The Morgan fingerprint density at radius 2 is 1.93 bits per heavy atom. The first kappa shape index (κ1) is 19.9. The molecule has 3 N–H and O–H groups in total. The number of rotatable bonds is 7. The van der Waals surface area contributed by atoms with E-state index in [4.69, 9.17) is 5.84 Å². The number of anilines is 1. The van der Waals surface area contributed by atoms with Gasteiger partial charge in [-0.15, -0.1) is 10.2 Å². The molecule has 2 heterocycles. The van der Waals surface area contributed by atoms with Crippen molar-refractivity contribution in [1.29, 1.82) is 0 Å². The van der Waals surface area contributed by atoms with Crippen LogP contribution in [0.5, 0.6) is 0 Å². The van der Waals surface area contributed by atoms with Crippen LogP contribution in [0.4, 0.5) is 5.82 Å². The van der Waals surface area contributed by atoms with Gasteiger partial charge in [-0.25, -0.2) is 9.36 Å². The summed E-state index contributed by atoms with van der Waals surface area (Å²) in [6.45, 7) is 7.97. The number of nitrogens with two attached hydrogens (primary N) is 1. The average molecular weight is 400 g/mol. The van der Waals surface area contributed by atoms with Crippen LogP contribution in [0.15, 0.2) is 41.7 Å². The van der Waals surface area contributed by atoms with Gasteiger partial charge in [0.2, 0.25) is 11.1 Å². The Labute approximate surface area is 168 Å². The van der Waals surface area contributed by atoms with Crippen molar-refractivity contribution in [2.45, 2.75) is 50.6 Å². The van der Waals surface area contributed by atoms with Gasteiger partial charge < -0.3 is 11.2 Å². The van der Waals surface area contributed by atoms with Gasteiger partial charge in [0.1, 0.15) is 5.82 Å². The van der Waals surface area contributed by atoms with Crippen LogP contribution >= 0.6 is 11.8 Å². The Morgan fingerprint density at radius 1 is 1.21 bits per heavy atom. The Morgan fingerprint density at radius 3 is 2.61 bits per heavy atom. The highest BCUT2D eigenvalue weighted by Crippen LogP contribution is 2.26. The molecular formula is C19H25N7OS. The van der Waals surface area contributed by atoms with E-state index in [0.717, 1.165) is 17.5 Å². The third-order valence-electron chi connectivity index (χ3n) is 4.56. The predicted molar refractivity (Wildman–Crippen MR) is 112 cm³/mol. The number of thioether (sulfide) groups is 1. The zero-order chi connectivity index (χ0) is 20.3. The third-order valence-corrected chi connectivity index (χ3v) is 5.61. The molecule has 0 radical (unpaired) electrons. The lowest BCUT2D eigenvalue weighted by Crippen LogP contribution is -2.25. The summed E-state index contributed by atoms with van der Waals surface area (Å²) in [6.07, 6.45) is 2.61. The van der Waals surface area contributed by atoms with E-state index < -0.39 is 5.25 Å². The van der Waals surface area contributed by atoms with E-state index in [1.165, 1.54) is 16.4 Å². The molecule has 0 bridgehead atoms. The summed E-state index contributed by atoms with van der Waals surface area (Å²) >= 11 is 1.26. The van der Waals surface area contributed by atoms with Gasteiger partial charge in [-0.2, -0.15) is 5.10 Å². The minimum absolute atomic E-state index is 0.144. The number of carbonyl (C=O) groups excluding carboxylic acids is 1. The molecule has 0 aliphatic rings. The number of amides is 1. The number of nitrogens with zero attached hydrogens (tertiary/aromatic N) is 5. The molecule has 9 heteroatoms. The van der Waals surface area contributed by atoms with Gasteiger partial charge in [0.15, 0.2) is 5.82 Å². The molecule has 0 fully saturated rings. The third kappa shape index (κ3) is 4.19. The van der Waals surface area contributed by atoms with Crippen molar-refractivity contribution in [3.63, 3.8) is 0 Å². The number of hydrogen-bond acceptors (Lipinski definition) is 6. The second-order valence-corrected chi connectivity index (χ2v) is 8.02. The highest BCUT2D eigenvalue weighted by molar-refractivity contribution is 8.00. The maximum Gasteiger partial charge on any atom is 0.238 e. The second kappa shape index (κ2) is 8.47. The maximum absolute atomic E-state index is 12.6. The van der Waals surface area contributed by atoms with E-state index in [9.17, 15) is 4.79 Å². The van der Waals surface area contributed by atoms with E-state index in [1.807, 2.05) is 42.8 Å². The topological polar surface area (TPSA) is 104 Å². The summed E-state index contributed by atoms with van der Waals surface area (Å²) in [6, 6.07) is 9.88. The predicted octanol–water partition coefficient (Wildman–Crippen LogP) is 3.25. The zero-order valence-corrected chi connectivity index (χ0v) is 17.3. The quantitative estimate of drug-likeness (QED) is 0.467. The molecule has 148 valence electrons. The highest BCUT2D eigenvalue weighted by Gasteiger charge is 2.21. The molecule has 1 amide bonds. The molecule has 0 saturated carbocycles. The van der Waals surface area contributed by atoms with Crippen LogP contribution in [0, 0.1) is 6.92 Å². The lowest BCUT2D eigenvalue weighted by molar-refractivity contribution is -0.115. The SMILES string of the molecule is CC[C@@H](C)n1nccc1NC(=O)[C@@H](C)Sc1nnc(-c2ccc(C)cc2)n1N. The fourth-order valence-corrected chi connectivity index (χ4v) is 3.40. The van der Waals surface area contributed by atoms with E-state index in [0.29, 0.717) is 16.8 Å². The van der Waals surface area contributed by atoms with Crippen LogP contribution in [0.25, 0.3) is 11.4 Å². The fraction of sp³-hybridized carbons (Fsp3) is 0.368. The molecule has 8 nitrogen and oxygen atoms in total. The molecule has 1 aromatic carbocycles. The highest BCUT2D eigenvalue weighted by atomic mass is 32.2. The van der Waals surface area contributed by atoms with Crippen LogP contribution in [0.3, 0.4) is 0 Å². The molecular weight excluding hydrogens is 374 g/mol. The normalized spacial score (nSPS) is 13.3. The molecule has 0 aliphatic carbocycles. The Kier molecular flexibility index (Phi) is 6.03. The molecule has 3 rings (SSSR count). The van der Waals surface area contributed by atoms with E-state index in [-0.39, 0.29) is 11.9 Å². The lowest BCUT2D eigenvalue weighted by atomic mass is 10.1. The van der Waals surface area contributed by atoms with Gasteiger partial charge in [0, 0.05) is 11.6 Å². The van der Waals surface area contributed by atoms with Crippen molar-refractivity contribution in [1.82, 2.24) is 24.7 Å². The average Bonchev–Trinajstić information content (AvgIpc) is 3.29. The van der Waals surface area contributed by atoms with Crippen LogP contribution in [-0.4, -0.2) is 35.8 Å². The summed E-state index contributed by atoms with van der Waals surface area (Å²) in [5, 5.41) is 15.6. The van der Waals surface area contributed by atoms with Crippen LogP contribution in [0.2, 0.25) is 0 Å². The first-order valence-electron chi connectivity index (χ1n) is 9.19. The van der Waals surface area contributed by atoms with Crippen molar-refractivity contribution < 1.29 is 4.79 Å². The molecule has 2 aromatic heterocycles. The summed E-state index contributed by atoms with van der Waals surface area (Å²) in [7, 11) is 0. The standard InChI is InChI=1S/C19H25N7OS/c1-5-13(3)26-16(10-11-21-26)22-18(27)14(4)28-19-24-23-17(25(19)20)15-8-6-12(2)7-9-15/h6-11,13-14H,5,20H2,1-4H3,(H,22,27)/t13-,14-/m1/s1. The van der Waals surface area contributed by atoms with E-state index >= 15 is 0 Å². The number of aromatic nitrogens is 5. The monoisotopic (exact) mass is 399 g/mol. The summed E-state index contributed by atoms with van der Waals surface area (Å²) in [5.74, 6) is 7.26. The van der Waals surface area contributed by atoms with Crippen LogP contribution < -0.4 is 11.2 Å². The minimum Gasteiger partial charge on any atom is -0.335 e. The van der Waals surface area contributed by atoms with Gasteiger partial charge in [0.25, 0.3) is 0 Å². The molecule has 28 heavy (non-hydrogen) atoms. The van der Waals surface area contributed by atoms with Crippen LogP contribution in [-0.2, 0) is 4.79 Å². The molecule has 2 atom stereocenters. The zero-order valence-electron chi connectivity index (χ0n) is 16.5. The number of hydrogen-bond donors (Lipinski definition) is 2. The summed E-state index contributed by atoms with van der Waals surface area (Å²) in [5.41, 5.74) is 2.03. The summed E-state index contributed by atoms with van der Waals surface area (Å²) in [4.78, 5) is 12.6. The number of nitrogen functional groups attached to an aromatic ring is 1. The van der Waals surface area contributed by atoms with Crippen molar-refractivity contribution in [2.24, 2.45) is 0 Å². The Hall–Kier alpha value is -2.81. The Bertz CT molecular complexity index is 948. The van der Waals surface area contributed by atoms with Crippen molar-refractivity contribution in [3.8, 4) is 11.4 Å². The van der Waals surface area contributed by atoms with Crippen molar-refractivity contribution >= 4 is 23.5 Å². The van der Waals surface area contributed by atoms with Gasteiger partial charge >= 0.3 is 0 Å². The number of aryl methyl sites for hydroxylation is 1. The van der Waals surface area contributed by atoms with Gasteiger partial charge in [-0.05, 0) is 27.2 Å². The Balaban J connectivity index is 1.70. The lowest BCUT2D eigenvalue weighted by Gasteiger charge is -2.16. The largest absolute Gasteiger partial charge is 0.335 e. The van der Waals surface area contributed by atoms with Gasteiger partial charge in [0.05, 0.1) is 17.5 Å². The van der Waals surface area contributed by atoms with Gasteiger partial charge in [-0.1, -0.05) is 48.5 Å². The van der Waals surface area contributed by atoms with Crippen molar-refractivity contribution in [3.05, 3.63) is 42.1 Å². The molecule has 0 saturated heterocycles. The number of carbonyl (C=O) groups is 1. The minimum atomic E-state index is -0.405. The second-order valence-electron chi connectivity index (χ2n) is 6.71. The summed E-state index contributed by atoms with van der Waals surface area (Å²) < 4.78 is 3.23. The number of benzene rings is 1. The fourth-order valence-electron chi connectivity index (χ4n) is 2.63. The number of nitrogens with one attached hydrogen (secondary N) is 1. The van der Waals surface area contributed by atoms with E-state index in [1.54, 1.807) is 12.3 Å². The molecule has 0 aliphatic heterocycles. The molecule has 0 unspecified atom stereocenters. The van der Waals surface area contributed by atoms with Crippen molar-refractivity contribution in [2.75, 3.05) is 11.2 Å². The van der Waals surface area contributed by atoms with E-state index in [2.05, 4.69) is 34.5 Å². The molecule has 0 spiro atoms. The first-order valence-corrected chi connectivity index (χ1v) is 10.1. The van der Waals surface area contributed by atoms with Crippen LogP contribution in [0.1, 0.15) is 38.8 Å².